The van der Waals surface area contributed by atoms with Gasteiger partial charge in [0.1, 0.15) is 18.6 Å². The summed E-state index contributed by atoms with van der Waals surface area (Å²) in [6, 6.07) is 13.2. The molecular formula is C22H17FNO+. The lowest BCUT2D eigenvalue weighted by Gasteiger charge is -2.22. The number of aromatic nitrogens is 1. The summed E-state index contributed by atoms with van der Waals surface area (Å²) in [4.78, 5) is 0. The van der Waals surface area contributed by atoms with E-state index in [9.17, 15) is 4.39 Å². The van der Waals surface area contributed by atoms with Crippen molar-refractivity contribution in [1.82, 2.24) is 0 Å². The maximum absolute atomic E-state index is 13.7. The third-order valence-corrected chi connectivity index (χ3v) is 5.25. The number of benzene rings is 3. The molecule has 0 saturated carbocycles. The number of hydrogen-bond donors (Lipinski definition) is 0. The van der Waals surface area contributed by atoms with Crippen molar-refractivity contribution in [2.24, 2.45) is 7.05 Å². The van der Waals surface area contributed by atoms with Gasteiger partial charge in [-0.05, 0) is 54.6 Å². The minimum absolute atomic E-state index is 0.238. The largest absolute Gasteiger partial charge is 0.449 e. The Hall–Kier alpha value is -2.94. The van der Waals surface area contributed by atoms with Crippen molar-refractivity contribution in [2.45, 2.75) is 13.8 Å². The van der Waals surface area contributed by atoms with Crippen LogP contribution in [0, 0.1) is 19.7 Å². The van der Waals surface area contributed by atoms with Gasteiger partial charge in [0.05, 0.1) is 10.9 Å². The smallest absolute Gasteiger partial charge is 0.257 e. The van der Waals surface area contributed by atoms with Crippen LogP contribution in [0.25, 0.3) is 32.8 Å². The summed E-state index contributed by atoms with van der Waals surface area (Å²) in [5.41, 5.74) is 4.76. The van der Waals surface area contributed by atoms with Crippen LogP contribution in [0.2, 0.25) is 0 Å². The van der Waals surface area contributed by atoms with Gasteiger partial charge in [0, 0.05) is 10.8 Å². The van der Waals surface area contributed by atoms with Crippen molar-refractivity contribution in [3.8, 4) is 22.8 Å². The summed E-state index contributed by atoms with van der Waals surface area (Å²) < 4.78 is 22.1. The first-order valence-corrected chi connectivity index (χ1v) is 8.37. The minimum Gasteiger partial charge on any atom is -0.449 e. The molecule has 0 amide bonds. The maximum Gasteiger partial charge on any atom is 0.257 e. The Morgan fingerprint density at radius 1 is 1.00 bits per heavy atom. The fourth-order valence-electron chi connectivity index (χ4n) is 3.95. The molecule has 0 unspecified atom stereocenters. The van der Waals surface area contributed by atoms with E-state index in [1.54, 1.807) is 12.1 Å². The number of rotatable bonds is 0. The second kappa shape index (κ2) is 4.79. The van der Waals surface area contributed by atoms with Crippen LogP contribution in [-0.2, 0) is 7.05 Å². The quantitative estimate of drug-likeness (QED) is 0.349. The monoisotopic (exact) mass is 330 g/mol. The molecule has 1 aromatic heterocycles. The average Bonchev–Trinajstić information content (AvgIpc) is 2.58. The standard InChI is InChI=1S/C22H17FNO/c1-12-9-14-5-4-6-18-20(14)19(13(12)2)21-22(25-18)17-8-7-16(23)10-15(17)11-24(21)3/h4-11H,1-3H3/q+1. The highest BCUT2D eigenvalue weighted by Crippen LogP contribution is 2.49. The molecule has 2 nitrogen and oxygen atoms in total. The lowest BCUT2D eigenvalue weighted by Crippen LogP contribution is -2.32. The molecule has 4 aromatic rings. The molecule has 0 fully saturated rings. The summed E-state index contributed by atoms with van der Waals surface area (Å²) >= 11 is 0. The van der Waals surface area contributed by atoms with Gasteiger partial charge < -0.3 is 4.74 Å². The second-order valence-electron chi connectivity index (χ2n) is 6.80. The highest BCUT2D eigenvalue weighted by atomic mass is 19.1. The van der Waals surface area contributed by atoms with Crippen LogP contribution >= 0.6 is 0 Å². The van der Waals surface area contributed by atoms with E-state index in [1.165, 1.54) is 28.1 Å². The molecule has 0 spiro atoms. The van der Waals surface area contributed by atoms with Crippen LogP contribution in [0.3, 0.4) is 0 Å². The van der Waals surface area contributed by atoms with E-state index in [1.807, 2.05) is 29.9 Å². The predicted octanol–water partition coefficient (Wildman–Crippen LogP) is 5.35. The van der Waals surface area contributed by atoms with Crippen molar-refractivity contribution >= 4 is 21.5 Å². The van der Waals surface area contributed by atoms with Gasteiger partial charge in [-0.1, -0.05) is 18.2 Å². The molecule has 0 bridgehead atoms. The number of ether oxygens (including phenoxy) is 1. The fraction of sp³-hybridized carbons (Fsp3) is 0.136. The normalized spacial score (nSPS) is 12.3. The topological polar surface area (TPSA) is 13.1 Å². The van der Waals surface area contributed by atoms with Gasteiger partial charge in [-0.2, -0.15) is 4.57 Å². The molecule has 5 rings (SSSR count). The van der Waals surface area contributed by atoms with E-state index in [2.05, 4.69) is 26.0 Å². The van der Waals surface area contributed by atoms with Gasteiger partial charge >= 0.3 is 0 Å². The van der Waals surface area contributed by atoms with E-state index >= 15 is 0 Å². The zero-order valence-electron chi connectivity index (χ0n) is 14.4. The molecule has 3 aromatic carbocycles. The Morgan fingerprint density at radius 3 is 2.68 bits per heavy atom. The van der Waals surface area contributed by atoms with Crippen LogP contribution in [0.4, 0.5) is 4.39 Å². The number of halogens is 1. The molecule has 0 aliphatic carbocycles. The Balaban J connectivity index is 2.02. The summed E-state index contributed by atoms with van der Waals surface area (Å²) in [6.45, 7) is 4.30. The van der Waals surface area contributed by atoms with Gasteiger partial charge in [-0.25, -0.2) is 4.39 Å². The number of fused-ring (bicyclic) bond motifs is 4. The van der Waals surface area contributed by atoms with Crippen molar-refractivity contribution < 1.29 is 13.7 Å². The van der Waals surface area contributed by atoms with Gasteiger partial charge in [-0.15, -0.1) is 0 Å². The van der Waals surface area contributed by atoms with E-state index < -0.39 is 0 Å². The van der Waals surface area contributed by atoms with Gasteiger partial charge in [0.15, 0.2) is 6.20 Å². The lowest BCUT2D eigenvalue weighted by atomic mass is 9.90. The highest BCUT2D eigenvalue weighted by molar-refractivity contribution is 6.07. The second-order valence-corrected chi connectivity index (χ2v) is 6.80. The Kier molecular flexibility index (Phi) is 2.76. The molecule has 0 N–H and O–H groups in total. The van der Waals surface area contributed by atoms with E-state index in [-0.39, 0.29) is 5.82 Å². The number of nitrogens with zero attached hydrogens (tertiary/aromatic N) is 1. The maximum atomic E-state index is 13.7. The molecule has 2 heterocycles. The van der Waals surface area contributed by atoms with Crippen LogP contribution in [0.15, 0.2) is 48.7 Å². The average molecular weight is 330 g/mol. The zero-order valence-corrected chi connectivity index (χ0v) is 14.4. The fourth-order valence-corrected chi connectivity index (χ4v) is 3.95. The van der Waals surface area contributed by atoms with Crippen LogP contribution in [0.1, 0.15) is 11.1 Å². The van der Waals surface area contributed by atoms with Gasteiger partial charge in [-0.3, -0.25) is 0 Å². The van der Waals surface area contributed by atoms with E-state index in [0.717, 1.165) is 33.4 Å². The van der Waals surface area contributed by atoms with Crippen LogP contribution < -0.4 is 9.30 Å². The van der Waals surface area contributed by atoms with Gasteiger partial charge in [0.2, 0.25) is 5.75 Å². The number of hydrogen-bond acceptors (Lipinski definition) is 1. The lowest BCUT2D eigenvalue weighted by molar-refractivity contribution is -0.659. The summed E-state index contributed by atoms with van der Waals surface area (Å²) in [7, 11) is 1.99. The van der Waals surface area contributed by atoms with Crippen molar-refractivity contribution in [3.05, 3.63) is 65.6 Å². The Labute approximate surface area is 145 Å². The zero-order chi connectivity index (χ0) is 17.3. The van der Waals surface area contributed by atoms with Crippen LogP contribution in [-0.4, -0.2) is 0 Å². The summed E-state index contributed by atoms with van der Waals surface area (Å²) in [5, 5.41) is 4.09. The molecule has 3 heteroatoms. The third kappa shape index (κ3) is 1.86. The van der Waals surface area contributed by atoms with E-state index in [4.69, 9.17) is 4.74 Å². The highest BCUT2D eigenvalue weighted by Gasteiger charge is 2.31. The first kappa shape index (κ1) is 14.4. The number of aryl methyl sites for hydroxylation is 2. The van der Waals surface area contributed by atoms with Crippen molar-refractivity contribution in [1.29, 1.82) is 0 Å². The summed E-state index contributed by atoms with van der Waals surface area (Å²) in [6.07, 6.45) is 1.97. The molecule has 0 radical (unpaired) electrons. The molecule has 122 valence electrons. The molecular weight excluding hydrogens is 313 g/mol. The summed E-state index contributed by atoms with van der Waals surface area (Å²) in [5.74, 6) is 1.42. The minimum atomic E-state index is -0.238. The Bertz CT molecular complexity index is 1210. The van der Waals surface area contributed by atoms with E-state index in [0.29, 0.717) is 0 Å². The van der Waals surface area contributed by atoms with Crippen molar-refractivity contribution in [2.75, 3.05) is 0 Å². The predicted molar refractivity (Wildman–Crippen MR) is 97.6 cm³/mol. The molecule has 0 atom stereocenters. The SMILES string of the molecule is Cc1cc2cccc3c2c(c1C)-c1c(c2ccc(F)cc2c[n+]1C)O3. The molecule has 25 heavy (non-hydrogen) atoms. The molecule has 1 aliphatic heterocycles. The molecule has 0 saturated heterocycles. The first-order valence-electron chi connectivity index (χ1n) is 8.37. The molecule has 1 aliphatic rings. The third-order valence-electron chi connectivity index (χ3n) is 5.25. The first-order chi connectivity index (χ1) is 12.0. The number of pyridine rings is 1. The van der Waals surface area contributed by atoms with Crippen molar-refractivity contribution in [3.63, 3.8) is 0 Å². The van der Waals surface area contributed by atoms with Gasteiger partial charge in [0.25, 0.3) is 5.69 Å². The van der Waals surface area contributed by atoms with Crippen LogP contribution in [0.5, 0.6) is 11.5 Å². The Morgan fingerprint density at radius 2 is 1.84 bits per heavy atom.